The minimum absolute atomic E-state index is 0.151. The smallest absolute Gasteiger partial charge is 0.422 e. The Morgan fingerprint density at radius 2 is 1.77 bits per heavy atom. The maximum absolute atomic E-state index is 13.1. The summed E-state index contributed by atoms with van der Waals surface area (Å²) in [6.07, 6.45) is -6.48. The van der Waals surface area contributed by atoms with Crippen LogP contribution in [0, 0.1) is 0 Å². The third kappa shape index (κ3) is 3.49. The molecule has 0 spiro atoms. The van der Waals surface area contributed by atoms with Gasteiger partial charge in [-0.1, -0.05) is 30.3 Å². The van der Waals surface area contributed by atoms with E-state index in [2.05, 4.69) is 0 Å². The van der Waals surface area contributed by atoms with Crippen LogP contribution < -0.4 is 0 Å². The fourth-order valence-corrected chi connectivity index (χ4v) is 1.81. The molecule has 0 fully saturated rings. The molecule has 0 aliphatic carbocycles. The number of hydrogen-bond acceptors (Lipinski definition) is 3. The van der Waals surface area contributed by atoms with Crippen LogP contribution in [-0.2, 0) is 16.1 Å². The summed E-state index contributed by atoms with van der Waals surface area (Å²) in [6, 6.07) is 8.35. The first-order valence-corrected chi connectivity index (χ1v) is 6.43. The van der Waals surface area contributed by atoms with E-state index in [1.807, 2.05) is 0 Å². The number of halogens is 3. The minimum Gasteiger partial charge on any atom is -0.479 e. The molecule has 1 aromatic rings. The first-order chi connectivity index (χ1) is 10.1. The molecule has 122 valence electrons. The van der Waals surface area contributed by atoms with Crippen LogP contribution in [0.2, 0.25) is 0 Å². The number of carboxylic acid groups (broad SMARTS) is 1. The summed E-state index contributed by atoms with van der Waals surface area (Å²) in [6.45, 7) is 0.971. The number of benzene rings is 1. The Labute approximate surface area is 125 Å². The molecule has 0 bridgehead atoms. The van der Waals surface area contributed by atoms with Crippen molar-refractivity contribution in [2.24, 2.45) is 0 Å². The van der Waals surface area contributed by atoms with Gasteiger partial charge < -0.3 is 9.84 Å². The van der Waals surface area contributed by atoms with E-state index < -0.39 is 30.3 Å². The highest BCUT2D eigenvalue weighted by Crippen LogP contribution is 2.36. The van der Waals surface area contributed by atoms with Crippen LogP contribution in [0.15, 0.2) is 30.3 Å². The minimum atomic E-state index is -5.14. The molecular formula is C14H16F3NO4. The van der Waals surface area contributed by atoms with Gasteiger partial charge in [0.2, 0.25) is 5.54 Å². The molecule has 1 N–H and O–H groups in total. The summed E-state index contributed by atoms with van der Waals surface area (Å²) in [4.78, 5) is 23.1. The fraction of sp³-hybridized carbons (Fsp3) is 0.429. The van der Waals surface area contributed by atoms with Gasteiger partial charge in [-0.25, -0.2) is 9.59 Å². The average molecular weight is 319 g/mol. The average Bonchev–Trinajstić information content (AvgIpc) is 2.45. The Bertz CT molecular complexity index is 533. The van der Waals surface area contributed by atoms with E-state index >= 15 is 0 Å². The van der Waals surface area contributed by atoms with Gasteiger partial charge in [0.25, 0.3) is 0 Å². The molecule has 8 heteroatoms. The van der Waals surface area contributed by atoms with Crippen LogP contribution in [0.5, 0.6) is 0 Å². The monoisotopic (exact) mass is 319 g/mol. The van der Waals surface area contributed by atoms with Crippen LogP contribution in [0.3, 0.4) is 0 Å². The number of ether oxygens (including phenoxy) is 1. The quantitative estimate of drug-likeness (QED) is 0.906. The van der Waals surface area contributed by atoms with Gasteiger partial charge >= 0.3 is 18.2 Å². The Hall–Kier alpha value is -2.25. The Morgan fingerprint density at radius 1 is 1.23 bits per heavy atom. The number of carbonyl (C=O) groups excluding carboxylic acids is 1. The Balaban J connectivity index is 2.93. The highest BCUT2D eigenvalue weighted by molar-refractivity contribution is 5.85. The standard InChI is InChI=1S/C14H16F3NO4/c1-3-18(13(2,11(19)20)14(15,16)17)12(21)22-9-10-7-5-4-6-8-10/h4-8H,3,9H2,1-2H3,(H,19,20). The van der Waals surface area contributed by atoms with Gasteiger partial charge in [-0.15, -0.1) is 0 Å². The SMILES string of the molecule is CCN(C(=O)OCc1ccccc1)C(C)(C(=O)O)C(F)(F)F. The summed E-state index contributed by atoms with van der Waals surface area (Å²) in [5, 5.41) is 8.93. The van der Waals surface area contributed by atoms with E-state index in [0.29, 0.717) is 12.5 Å². The summed E-state index contributed by atoms with van der Waals surface area (Å²) < 4.78 is 44.1. The highest BCUT2D eigenvalue weighted by Gasteiger charge is 2.62. The van der Waals surface area contributed by atoms with E-state index in [9.17, 15) is 22.8 Å². The van der Waals surface area contributed by atoms with Gasteiger partial charge in [0, 0.05) is 6.54 Å². The molecule has 1 atom stereocenters. The van der Waals surface area contributed by atoms with Crippen molar-refractivity contribution in [2.75, 3.05) is 6.54 Å². The molecule has 0 saturated carbocycles. The van der Waals surface area contributed by atoms with Crippen LogP contribution in [-0.4, -0.2) is 40.3 Å². The van der Waals surface area contributed by atoms with Crippen molar-refractivity contribution in [1.82, 2.24) is 4.90 Å². The third-order valence-corrected chi connectivity index (χ3v) is 3.25. The number of likely N-dealkylation sites (N-methyl/N-ethyl adjacent to an activating group) is 1. The van der Waals surface area contributed by atoms with Crippen molar-refractivity contribution in [3.05, 3.63) is 35.9 Å². The molecule has 1 amide bonds. The summed E-state index contributed by atoms with van der Waals surface area (Å²) in [7, 11) is 0. The molecule has 0 aromatic heterocycles. The van der Waals surface area contributed by atoms with Crippen molar-refractivity contribution in [2.45, 2.75) is 32.2 Å². The molecule has 1 unspecified atom stereocenters. The zero-order valence-electron chi connectivity index (χ0n) is 12.1. The normalized spacial score (nSPS) is 14.0. The number of aliphatic carboxylic acids is 1. The van der Waals surface area contributed by atoms with Crippen molar-refractivity contribution in [3.63, 3.8) is 0 Å². The van der Waals surface area contributed by atoms with Crippen molar-refractivity contribution < 1.29 is 32.6 Å². The highest BCUT2D eigenvalue weighted by atomic mass is 19.4. The largest absolute Gasteiger partial charge is 0.479 e. The predicted molar refractivity (Wildman–Crippen MR) is 71.1 cm³/mol. The van der Waals surface area contributed by atoms with E-state index in [4.69, 9.17) is 9.84 Å². The van der Waals surface area contributed by atoms with Crippen molar-refractivity contribution >= 4 is 12.1 Å². The molecular weight excluding hydrogens is 303 g/mol. The van der Waals surface area contributed by atoms with Gasteiger partial charge in [-0.3, -0.25) is 4.90 Å². The number of amides is 1. The number of carboxylic acids is 1. The van der Waals surface area contributed by atoms with E-state index in [0.717, 1.165) is 0 Å². The zero-order valence-corrected chi connectivity index (χ0v) is 12.1. The Kier molecular flexibility index (Phi) is 5.40. The number of alkyl halides is 3. The van der Waals surface area contributed by atoms with Gasteiger partial charge in [-0.2, -0.15) is 13.2 Å². The number of nitrogens with zero attached hydrogens (tertiary/aromatic N) is 1. The van der Waals surface area contributed by atoms with Gasteiger partial charge in [0.15, 0.2) is 0 Å². The molecule has 0 heterocycles. The van der Waals surface area contributed by atoms with E-state index in [1.54, 1.807) is 30.3 Å². The van der Waals surface area contributed by atoms with Crippen molar-refractivity contribution in [1.29, 1.82) is 0 Å². The predicted octanol–water partition coefficient (Wildman–Crippen LogP) is 3.05. The molecule has 0 aliphatic heterocycles. The van der Waals surface area contributed by atoms with Crippen LogP contribution >= 0.6 is 0 Å². The maximum atomic E-state index is 13.1. The topological polar surface area (TPSA) is 66.8 Å². The summed E-state index contributed by atoms with van der Waals surface area (Å²) >= 11 is 0. The van der Waals surface area contributed by atoms with Gasteiger partial charge in [-0.05, 0) is 19.4 Å². The fourth-order valence-electron chi connectivity index (χ4n) is 1.81. The van der Waals surface area contributed by atoms with Crippen LogP contribution in [0.1, 0.15) is 19.4 Å². The summed E-state index contributed by atoms with van der Waals surface area (Å²) in [5.74, 6) is -2.17. The molecule has 5 nitrogen and oxygen atoms in total. The number of carbonyl (C=O) groups is 2. The van der Waals surface area contributed by atoms with Crippen molar-refractivity contribution in [3.8, 4) is 0 Å². The Morgan fingerprint density at radius 3 is 2.18 bits per heavy atom. The van der Waals surface area contributed by atoms with E-state index in [-0.39, 0.29) is 11.5 Å². The van der Waals surface area contributed by atoms with Crippen LogP contribution in [0.25, 0.3) is 0 Å². The first-order valence-electron chi connectivity index (χ1n) is 6.43. The van der Waals surface area contributed by atoms with Crippen LogP contribution in [0.4, 0.5) is 18.0 Å². The molecule has 0 radical (unpaired) electrons. The van der Waals surface area contributed by atoms with E-state index in [1.165, 1.54) is 6.92 Å². The number of hydrogen-bond donors (Lipinski definition) is 1. The number of rotatable bonds is 5. The lowest BCUT2D eigenvalue weighted by Crippen LogP contribution is -2.63. The second kappa shape index (κ2) is 6.67. The van der Waals surface area contributed by atoms with Gasteiger partial charge in [0.1, 0.15) is 6.61 Å². The zero-order chi connectivity index (χ0) is 17.0. The molecule has 0 aliphatic rings. The lowest BCUT2D eigenvalue weighted by atomic mass is 10.00. The third-order valence-electron chi connectivity index (χ3n) is 3.25. The summed E-state index contributed by atoms with van der Waals surface area (Å²) in [5.41, 5.74) is -2.77. The first kappa shape index (κ1) is 17.8. The maximum Gasteiger partial charge on any atom is 0.422 e. The molecule has 0 saturated heterocycles. The second-order valence-corrected chi connectivity index (χ2v) is 4.66. The molecule has 1 aromatic carbocycles. The molecule has 22 heavy (non-hydrogen) atoms. The van der Waals surface area contributed by atoms with Gasteiger partial charge in [0.05, 0.1) is 0 Å². The molecule has 1 rings (SSSR count). The second-order valence-electron chi connectivity index (χ2n) is 4.66. The lowest BCUT2D eigenvalue weighted by molar-refractivity contribution is -0.227. The lowest BCUT2D eigenvalue weighted by Gasteiger charge is -2.37.